The zero-order valence-electron chi connectivity index (χ0n) is 20.9. The minimum absolute atomic E-state index is 0.0231. The van der Waals surface area contributed by atoms with Crippen molar-refractivity contribution in [2.75, 3.05) is 39.1 Å². The zero-order valence-corrected chi connectivity index (χ0v) is 20.9. The first-order valence-electron chi connectivity index (χ1n) is 12.0. The molecule has 0 unspecified atom stereocenters. The molecule has 1 saturated heterocycles. The zero-order chi connectivity index (χ0) is 24.8. The summed E-state index contributed by atoms with van der Waals surface area (Å²) in [6.45, 7) is 6.75. The fourth-order valence-corrected chi connectivity index (χ4v) is 4.32. The number of nitrogens with one attached hydrogen (secondary N) is 1. The average Bonchev–Trinajstić information content (AvgIpc) is 2.88. The van der Waals surface area contributed by atoms with Crippen LogP contribution in [-0.4, -0.2) is 60.6 Å². The molecule has 0 bridgehead atoms. The van der Waals surface area contributed by atoms with E-state index >= 15 is 0 Å². The molecule has 1 amide bonds. The van der Waals surface area contributed by atoms with E-state index in [1.54, 1.807) is 13.3 Å². The first kappa shape index (κ1) is 24.5. The summed E-state index contributed by atoms with van der Waals surface area (Å²) >= 11 is 0. The highest BCUT2D eigenvalue weighted by molar-refractivity contribution is 5.95. The molecule has 4 rings (SSSR count). The molecule has 35 heavy (non-hydrogen) atoms. The SMILES string of the molecule is COc1ccc(C(=O)N2CCN(C)[C@H](c3ccc(OC(C)C)cc3)C2)cc1NCc1cccnc1. The molecule has 0 saturated carbocycles. The number of benzene rings is 2. The maximum atomic E-state index is 13.5. The molecule has 1 aromatic heterocycles. The number of rotatable bonds is 8. The van der Waals surface area contributed by atoms with Crippen molar-refractivity contribution in [2.45, 2.75) is 32.5 Å². The van der Waals surface area contributed by atoms with Crippen LogP contribution in [0.3, 0.4) is 0 Å². The maximum Gasteiger partial charge on any atom is 0.254 e. The predicted molar refractivity (Wildman–Crippen MR) is 138 cm³/mol. The molecule has 7 nitrogen and oxygen atoms in total. The van der Waals surface area contributed by atoms with Crippen LogP contribution >= 0.6 is 0 Å². The number of carbonyl (C=O) groups is 1. The van der Waals surface area contributed by atoms with Crippen molar-refractivity contribution in [1.29, 1.82) is 0 Å². The lowest BCUT2D eigenvalue weighted by molar-refractivity contribution is 0.0546. The topological polar surface area (TPSA) is 66.9 Å². The van der Waals surface area contributed by atoms with E-state index in [4.69, 9.17) is 9.47 Å². The highest BCUT2D eigenvalue weighted by atomic mass is 16.5. The van der Waals surface area contributed by atoms with Gasteiger partial charge in [-0.1, -0.05) is 18.2 Å². The monoisotopic (exact) mass is 474 g/mol. The summed E-state index contributed by atoms with van der Waals surface area (Å²) in [6.07, 6.45) is 3.71. The minimum atomic E-state index is 0.0231. The number of hydrogen-bond donors (Lipinski definition) is 1. The van der Waals surface area contributed by atoms with Crippen LogP contribution < -0.4 is 14.8 Å². The number of aromatic nitrogens is 1. The molecule has 1 N–H and O–H groups in total. The molecule has 0 radical (unpaired) electrons. The number of ether oxygens (including phenoxy) is 2. The molecular weight excluding hydrogens is 440 g/mol. The molecule has 1 aliphatic rings. The predicted octanol–water partition coefficient (Wildman–Crippen LogP) is 4.62. The highest BCUT2D eigenvalue weighted by Gasteiger charge is 2.29. The Labute approximate surface area is 207 Å². The van der Waals surface area contributed by atoms with Gasteiger partial charge in [-0.2, -0.15) is 0 Å². The van der Waals surface area contributed by atoms with Gasteiger partial charge in [0, 0.05) is 44.1 Å². The number of piperazine rings is 1. The third kappa shape index (κ3) is 6.11. The second-order valence-corrected chi connectivity index (χ2v) is 9.11. The largest absolute Gasteiger partial charge is 0.495 e. The molecule has 1 atom stereocenters. The van der Waals surface area contributed by atoms with Crippen molar-refractivity contribution in [3.05, 3.63) is 83.7 Å². The van der Waals surface area contributed by atoms with Crippen LogP contribution in [-0.2, 0) is 6.54 Å². The molecule has 184 valence electrons. The number of carbonyl (C=O) groups excluding carboxylic acids is 1. The highest BCUT2D eigenvalue weighted by Crippen LogP contribution is 2.29. The fourth-order valence-electron chi connectivity index (χ4n) is 4.32. The van der Waals surface area contributed by atoms with Gasteiger partial charge in [-0.3, -0.25) is 14.7 Å². The molecule has 0 spiro atoms. The number of pyridine rings is 1. The number of methoxy groups -OCH3 is 1. The van der Waals surface area contributed by atoms with Gasteiger partial charge in [0.2, 0.25) is 0 Å². The van der Waals surface area contributed by atoms with Gasteiger partial charge in [-0.05, 0) is 68.4 Å². The molecule has 0 aliphatic carbocycles. The van der Waals surface area contributed by atoms with Crippen molar-refractivity contribution >= 4 is 11.6 Å². The van der Waals surface area contributed by atoms with E-state index in [-0.39, 0.29) is 18.1 Å². The van der Waals surface area contributed by atoms with Crippen molar-refractivity contribution < 1.29 is 14.3 Å². The minimum Gasteiger partial charge on any atom is -0.495 e. The number of nitrogens with zero attached hydrogens (tertiary/aromatic N) is 3. The Hall–Kier alpha value is -3.58. The van der Waals surface area contributed by atoms with Crippen LogP contribution in [0.15, 0.2) is 67.0 Å². The third-order valence-corrected chi connectivity index (χ3v) is 6.22. The quantitative estimate of drug-likeness (QED) is 0.514. The molecule has 3 aromatic rings. The number of hydrogen-bond acceptors (Lipinski definition) is 6. The number of likely N-dealkylation sites (N-methyl/N-ethyl adjacent to an activating group) is 1. The molecule has 1 aliphatic heterocycles. The summed E-state index contributed by atoms with van der Waals surface area (Å²) in [5, 5.41) is 3.38. The molecule has 2 aromatic carbocycles. The molecule has 7 heteroatoms. The Balaban J connectivity index is 1.48. The van der Waals surface area contributed by atoms with Gasteiger partial charge in [0.05, 0.1) is 24.9 Å². The summed E-state index contributed by atoms with van der Waals surface area (Å²) in [7, 11) is 3.74. The lowest BCUT2D eigenvalue weighted by Gasteiger charge is -2.40. The average molecular weight is 475 g/mol. The van der Waals surface area contributed by atoms with E-state index in [9.17, 15) is 4.79 Å². The lowest BCUT2D eigenvalue weighted by atomic mass is 10.0. The maximum absolute atomic E-state index is 13.5. The normalized spacial score (nSPS) is 16.3. The van der Waals surface area contributed by atoms with Crippen molar-refractivity contribution in [3.8, 4) is 11.5 Å². The van der Waals surface area contributed by atoms with Crippen LogP contribution in [0, 0.1) is 0 Å². The Morgan fingerprint density at radius 2 is 1.94 bits per heavy atom. The Morgan fingerprint density at radius 3 is 2.63 bits per heavy atom. The van der Waals surface area contributed by atoms with E-state index in [2.05, 4.69) is 34.4 Å². The Kier molecular flexibility index (Phi) is 7.87. The van der Waals surface area contributed by atoms with Crippen LogP contribution in [0.1, 0.15) is 41.4 Å². The van der Waals surface area contributed by atoms with Crippen LogP contribution in [0.4, 0.5) is 5.69 Å². The van der Waals surface area contributed by atoms with Gasteiger partial charge < -0.3 is 19.7 Å². The second-order valence-electron chi connectivity index (χ2n) is 9.11. The summed E-state index contributed by atoms with van der Waals surface area (Å²) in [4.78, 5) is 21.9. The Morgan fingerprint density at radius 1 is 1.14 bits per heavy atom. The van der Waals surface area contributed by atoms with E-state index in [0.29, 0.717) is 30.9 Å². The van der Waals surface area contributed by atoms with Gasteiger partial charge in [0.15, 0.2) is 0 Å². The van der Waals surface area contributed by atoms with Gasteiger partial charge in [-0.25, -0.2) is 0 Å². The third-order valence-electron chi connectivity index (χ3n) is 6.22. The first-order chi connectivity index (χ1) is 16.9. The summed E-state index contributed by atoms with van der Waals surface area (Å²) in [5.41, 5.74) is 3.66. The molecule has 2 heterocycles. The van der Waals surface area contributed by atoms with E-state index in [1.165, 1.54) is 5.56 Å². The van der Waals surface area contributed by atoms with Gasteiger partial charge in [-0.15, -0.1) is 0 Å². The number of anilines is 1. The molecular formula is C28H34N4O3. The Bertz CT molecular complexity index is 1120. The van der Waals surface area contributed by atoms with Gasteiger partial charge >= 0.3 is 0 Å². The number of amides is 1. The first-order valence-corrected chi connectivity index (χ1v) is 12.0. The van der Waals surface area contributed by atoms with E-state index in [0.717, 1.165) is 23.5 Å². The van der Waals surface area contributed by atoms with Crippen LogP contribution in [0.2, 0.25) is 0 Å². The van der Waals surface area contributed by atoms with Crippen LogP contribution in [0.5, 0.6) is 11.5 Å². The summed E-state index contributed by atoms with van der Waals surface area (Å²) < 4.78 is 11.3. The van der Waals surface area contributed by atoms with Crippen molar-refractivity contribution in [2.24, 2.45) is 0 Å². The van der Waals surface area contributed by atoms with Gasteiger partial charge in [0.25, 0.3) is 5.91 Å². The van der Waals surface area contributed by atoms with Crippen LogP contribution in [0.25, 0.3) is 0 Å². The fraction of sp³-hybridized carbons (Fsp3) is 0.357. The molecule has 1 fully saturated rings. The standard InChI is InChI=1S/C28H34N4O3/c1-20(2)35-24-10-7-22(8-11-24)26-19-32(15-14-31(26)3)28(33)23-9-12-27(34-4)25(16-23)30-18-21-6-5-13-29-17-21/h5-13,16-17,20,26,30H,14-15,18-19H2,1-4H3/t26-/m0/s1. The summed E-state index contributed by atoms with van der Waals surface area (Å²) in [5.74, 6) is 1.58. The smallest absolute Gasteiger partial charge is 0.254 e. The van der Waals surface area contributed by atoms with Crippen molar-refractivity contribution in [1.82, 2.24) is 14.8 Å². The van der Waals surface area contributed by atoms with Crippen molar-refractivity contribution in [3.63, 3.8) is 0 Å². The van der Waals surface area contributed by atoms with Gasteiger partial charge in [0.1, 0.15) is 11.5 Å². The van der Waals surface area contributed by atoms with E-state index in [1.807, 2.05) is 67.4 Å². The second kappa shape index (κ2) is 11.2. The summed E-state index contributed by atoms with van der Waals surface area (Å²) in [6, 6.07) is 17.8. The lowest BCUT2D eigenvalue weighted by Crippen LogP contribution is -2.49. The van der Waals surface area contributed by atoms with E-state index < -0.39 is 0 Å².